The second kappa shape index (κ2) is 7.59. The highest BCUT2D eigenvalue weighted by Crippen LogP contribution is 2.34. The molecule has 0 bridgehead atoms. The van der Waals surface area contributed by atoms with Gasteiger partial charge in [0.25, 0.3) is 5.91 Å². The normalized spacial score (nSPS) is 14.4. The zero-order valence-electron chi connectivity index (χ0n) is 15.2. The van der Waals surface area contributed by atoms with Crippen LogP contribution in [0.4, 0.5) is 10.2 Å². The third kappa shape index (κ3) is 3.33. The van der Waals surface area contributed by atoms with Crippen molar-refractivity contribution in [1.29, 1.82) is 0 Å². The van der Waals surface area contributed by atoms with Crippen molar-refractivity contribution >= 4 is 23.3 Å². The van der Waals surface area contributed by atoms with Crippen molar-refractivity contribution in [3.8, 4) is 11.3 Å². The van der Waals surface area contributed by atoms with E-state index in [1.165, 1.54) is 12.1 Å². The lowest BCUT2D eigenvalue weighted by atomic mass is 10.0. The van der Waals surface area contributed by atoms with Crippen molar-refractivity contribution in [3.63, 3.8) is 0 Å². The van der Waals surface area contributed by atoms with Gasteiger partial charge in [0.15, 0.2) is 0 Å². The summed E-state index contributed by atoms with van der Waals surface area (Å²) in [7, 11) is 0. The first-order valence-corrected chi connectivity index (χ1v) is 9.30. The van der Waals surface area contributed by atoms with E-state index in [0.29, 0.717) is 31.9 Å². The molecule has 2 aromatic heterocycles. The summed E-state index contributed by atoms with van der Waals surface area (Å²) in [5, 5.41) is 4.10. The predicted molar refractivity (Wildman–Crippen MR) is 104 cm³/mol. The number of rotatable bonds is 3. The number of hydrogen-bond acceptors (Lipinski definition) is 5. The quantitative estimate of drug-likeness (QED) is 0.669. The number of aryl methyl sites for hydroxylation is 1. The Bertz CT molecular complexity index is 980. The van der Waals surface area contributed by atoms with E-state index in [-0.39, 0.29) is 27.8 Å². The molecule has 0 radical (unpaired) electrons. The summed E-state index contributed by atoms with van der Waals surface area (Å²) in [5.74, 6) is 0.435. The maximum atomic E-state index is 14.4. The molecule has 1 aliphatic heterocycles. The smallest absolute Gasteiger partial charge is 0.259 e. The molecule has 144 valence electrons. The average molecular weight is 401 g/mol. The Kier molecular flexibility index (Phi) is 5.00. The molecule has 3 heterocycles. The molecule has 0 unspecified atom stereocenters. The zero-order chi connectivity index (χ0) is 19.7. The Morgan fingerprint density at radius 1 is 1.14 bits per heavy atom. The Morgan fingerprint density at radius 2 is 1.93 bits per heavy atom. The van der Waals surface area contributed by atoms with Gasteiger partial charge in [0.2, 0.25) is 0 Å². The van der Waals surface area contributed by atoms with Crippen LogP contribution in [0.3, 0.4) is 0 Å². The van der Waals surface area contributed by atoms with Gasteiger partial charge < -0.3 is 14.3 Å². The fourth-order valence-electron chi connectivity index (χ4n) is 3.36. The average Bonchev–Trinajstić information content (AvgIpc) is 3.09. The van der Waals surface area contributed by atoms with E-state index in [4.69, 9.17) is 16.1 Å². The van der Waals surface area contributed by atoms with Gasteiger partial charge in [-0.1, -0.05) is 28.9 Å². The van der Waals surface area contributed by atoms with E-state index in [2.05, 4.69) is 15.0 Å². The lowest BCUT2D eigenvalue weighted by Crippen LogP contribution is -2.49. The highest BCUT2D eigenvalue weighted by molar-refractivity contribution is 6.33. The molecule has 1 saturated heterocycles. The fraction of sp³-hybridized carbons (Fsp3) is 0.250. The Hall–Kier alpha value is -2.93. The number of pyridine rings is 1. The fourth-order valence-corrected chi connectivity index (χ4v) is 3.61. The second-order valence-electron chi connectivity index (χ2n) is 6.53. The number of halogens is 2. The van der Waals surface area contributed by atoms with Crippen molar-refractivity contribution < 1.29 is 13.7 Å². The maximum Gasteiger partial charge on any atom is 0.259 e. The lowest BCUT2D eigenvalue weighted by molar-refractivity contribution is 0.0745. The summed E-state index contributed by atoms with van der Waals surface area (Å²) in [6.07, 6.45) is 1.75. The third-order valence-corrected chi connectivity index (χ3v) is 5.13. The number of amides is 1. The van der Waals surface area contributed by atoms with Gasteiger partial charge in [-0.15, -0.1) is 0 Å². The van der Waals surface area contributed by atoms with Crippen LogP contribution in [-0.2, 0) is 0 Å². The number of anilines is 1. The molecule has 28 heavy (non-hydrogen) atoms. The standard InChI is InChI=1S/C20H18ClFN4O2/c1-13-17(19(24-28-13)18-14(21)5-4-6-15(18)22)20(27)26-11-9-25(10-12-26)16-7-2-3-8-23-16/h2-8H,9-12H2,1H3. The minimum Gasteiger partial charge on any atom is -0.360 e. The first-order chi connectivity index (χ1) is 13.6. The molecule has 1 amide bonds. The van der Waals surface area contributed by atoms with E-state index in [9.17, 15) is 9.18 Å². The molecule has 0 atom stereocenters. The van der Waals surface area contributed by atoms with Gasteiger partial charge in [0.1, 0.15) is 28.7 Å². The van der Waals surface area contributed by atoms with Crippen LogP contribution < -0.4 is 4.90 Å². The van der Waals surface area contributed by atoms with Gasteiger partial charge in [0.05, 0.1) is 10.6 Å². The largest absolute Gasteiger partial charge is 0.360 e. The molecule has 0 N–H and O–H groups in total. The van der Waals surface area contributed by atoms with Crippen LogP contribution in [-0.4, -0.2) is 47.1 Å². The monoisotopic (exact) mass is 400 g/mol. The van der Waals surface area contributed by atoms with E-state index >= 15 is 0 Å². The summed E-state index contributed by atoms with van der Waals surface area (Å²) < 4.78 is 19.6. The number of carbonyl (C=O) groups excluding carboxylic acids is 1. The molecule has 6 nitrogen and oxygen atoms in total. The molecule has 0 aliphatic carbocycles. The second-order valence-corrected chi connectivity index (χ2v) is 6.93. The molecule has 1 aliphatic rings. The minimum absolute atomic E-state index is 0.0801. The Labute approximate surface area is 166 Å². The topological polar surface area (TPSA) is 62.5 Å². The van der Waals surface area contributed by atoms with Crippen LogP contribution in [0.1, 0.15) is 16.1 Å². The van der Waals surface area contributed by atoms with Crippen molar-refractivity contribution in [3.05, 3.63) is 64.8 Å². The van der Waals surface area contributed by atoms with E-state index < -0.39 is 5.82 Å². The van der Waals surface area contributed by atoms with Gasteiger partial charge in [-0.25, -0.2) is 9.37 Å². The highest BCUT2D eigenvalue weighted by atomic mass is 35.5. The van der Waals surface area contributed by atoms with Crippen molar-refractivity contribution in [2.75, 3.05) is 31.1 Å². The minimum atomic E-state index is -0.546. The maximum absolute atomic E-state index is 14.4. The number of piperazine rings is 1. The molecule has 3 aromatic rings. The lowest BCUT2D eigenvalue weighted by Gasteiger charge is -2.35. The summed E-state index contributed by atoms with van der Waals surface area (Å²) in [5.41, 5.74) is 0.465. The SMILES string of the molecule is Cc1onc(-c2c(F)cccc2Cl)c1C(=O)N1CCN(c2ccccn2)CC1. The Morgan fingerprint density at radius 3 is 2.61 bits per heavy atom. The Balaban J connectivity index is 1.58. The van der Waals surface area contributed by atoms with Crippen LogP contribution in [0.25, 0.3) is 11.3 Å². The van der Waals surface area contributed by atoms with Crippen molar-refractivity contribution in [2.45, 2.75) is 6.92 Å². The summed E-state index contributed by atoms with van der Waals surface area (Å²) >= 11 is 6.16. The van der Waals surface area contributed by atoms with Gasteiger partial charge in [-0.3, -0.25) is 4.79 Å². The number of nitrogens with zero attached hydrogens (tertiary/aromatic N) is 4. The highest BCUT2D eigenvalue weighted by Gasteiger charge is 2.30. The van der Waals surface area contributed by atoms with E-state index in [0.717, 1.165) is 5.82 Å². The summed E-state index contributed by atoms with van der Waals surface area (Å²) in [6.45, 7) is 3.99. The first-order valence-electron chi connectivity index (χ1n) is 8.92. The van der Waals surface area contributed by atoms with Gasteiger partial charge in [0, 0.05) is 32.4 Å². The van der Waals surface area contributed by atoms with Gasteiger partial charge in [-0.2, -0.15) is 0 Å². The third-order valence-electron chi connectivity index (χ3n) is 4.82. The molecule has 1 fully saturated rings. The number of carbonyl (C=O) groups is 1. The van der Waals surface area contributed by atoms with Crippen LogP contribution in [0.15, 0.2) is 47.1 Å². The molecule has 1 aromatic carbocycles. The van der Waals surface area contributed by atoms with Crippen LogP contribution in [0, 0.1) is 12.7 Å². The van der Waals surface area contributed by atoms with Gasteiger partial charge in [-0.05, 0) is 31.2 Å². The van der Waals surface area contributed by atoms with E-state index in [1.807, 2.05) is 18.2 Å². The van der Waals surface area contributed by atoms with Crippen LogP contribution in [0.2, 0.25) is 5.02 Å². The first kappa shape index (κ1) is 18.4. The van der Waals surface area contributed by atoms with Crippen molar-refractivity contribution in [2.24, 2.45) is 0 Å². The molecule has 0 saturated carbocycles. The van der Waals surface area contributed by atoms with Crippen LogP contribution >= 0.6 is 11.6 Å². The molecule has 8 heteroatoms. The molecule has 0 spiro atoms. The predicted octanol–water partition coefficient (Wildman–Crippen LogP) is 3.80. The molecular weight excluding hydrogens is 383 g/mol. The summed E-state index contributed by atoms with van der Waals surface area (Å²) in [4.78, 5) is 21.4. The number of hydrogen-bond donors (Lipinski definition) is 0. The number of aromatic nitrogens is 2. The van der Waals surface area contributed by atoms with E-state index in [1.54, 1.807) is 24.1 Å². The van der Waals surface area contributed by atoms with Crippen molar-refractivity contribution in [1.82, 2.24) is 15.0 Å². The molecule has 4 rings (SSSR count). The van der Waals surface area contributed by atoms with Crippen LogP contribution in [0.5, 0.6) is 0 Å². The van der Waals surface area contributed by atoms with Gasteiger partial charge >= 0.3 is 0 Å². The number of benzene rings is 1. The molecular formula is C20H18ClFN4O2. The summed E-state index contributed by atoms with van der Waals surface area (Å²) in [6, 6.07) is 10.1. The zero-order valence-corrected chi connectivity index (χ0v) is 16.0.